The number of nitrogens with one attached hydrogen (secondary N) is 1. The van der Waals surface area contributed by atoms with E-state index in [-0.39, 0.29) is 0 Å². The summed E-state index contributed by atoms with van der Waals surface area (Å²) in [6.45, 7) is 2.22. The Bertz CT molecular complexity index is 354. The highest BCUT2D eigenvalue weighted by Crippen LogP contribution is 2.31. The number of halogens is 2. The molecule has 0 aromatic heterocycles. The molecule has 1 saturated heterocycles. The average molecular weight is 334 g/mol. The third-order valence-corrected chi connectivity index (χ3v) is 3.98. The molecule has 1 aromatic carbocycles. The van der Waals surface area contributed by atoms with Gasteiger partial charge in [0.1, 0.15) is 0 Å². The Hall–Kier alpha value is -0.0600. The van der Waals surface area contributed by atoms with Crippen LogP contribution in [0.15, 0.2) is 27.1 Å². The number of likely N-dealkylation sites (N-methyl/N-ethyl adjacent to an activating group) is 1. The Morgan fingerprint density at radius 1 is 1.40 bits per heavy atom. The van der Waals surface area contributed by atoms with Gasteiger partial charge in [-0.1, -0.05) is 15.9 Å². The Morgan fingerprint density at radius 3 is 2.80 bits per heavy atom. The van der Waals surface area contributed by atoms with Crippen molar-refractivity contribution in [3.8, 4) is 0 Å². The zero-order valence-electron chi connectivity index (χ0n) is 8.63. The van der Waals surface area contributed by atoms with E-state index in [2.05, 4.69) is 60.3 Å². The SMILES string of the molecule is CNC1CCN(c2ccc(Br)cc2Br)C1. The Kier molecular flexibility index (Phi) is 3.69. The van der Waals surface area contributed by atoms with Crippen molar-refractivity contribution in [2.75, 3.05) is 25.0 Å². The summed E-state index contributed by atoms with van der Waals surface area (Å²) < 4.78 is 2.27. The van der Waals surface area contributed by atoms with Gasteiger partial charge in [0.2, 0.25) is 0 Å². The van der Waals surface area contributed by atoms with Gasteiger partial charge in [-0.25, -0.2) is 0 Å². The Labute approximate surface area is 107 Å². The summed E-state index contributed by atoms with van der Waals surface area (Å²) in [6, 6.07) is 6.97. The van der Waals surface area contributed by atoms with Gasteiger partial charge < -0.3 is 10.2 Å². The van der Waals surface area contributed by atoms with Crippen molar-refractivity contribution in [3.05, 3.63) is 27.1 Å². The van der Waals surface area contributed by atoms with E-state index in [0.717, 1.165) is 22.0 Å². The summed E-state index contributed by atoms with van der Waals surface area (Å²) in [5.74, 6) is 0. The quantitative estimate of drug-likeness (QED) is 0.895. The molecule has 1 aliphatic heterocycles. The van der Waals surface area contributed by atoms with E-state index < -0.39 is 0 Å². The maximum absolute atomic E-state index is 3.61. The van der Waals surface area contributed by atoms with Gasteiger partial charge in [-0.15, -0.1) is 0 Å². The molecular weight excluding hydrogens is 320 g/mol. The van der Waals surface area contributed by atoms with Gasteiger partial charge >= 0.3 is 0 Å². The zero-order chi connectivity index (χ0) is 10.8. The molecule has 4 heteroatoms. The molecule has 0 aliphatic carbocycles. The first-order valence-electron chi connectivity index (χ1n) is 5.08. The van der Waals surface area contributed by atoms with Gasteiger partial charge in [-0.3, -0.25) is 0 Å². The predicted octanol–water partition coefficient (Wildman–Crippen LogP) is 3.01. The largest absolute Gasteiger partial charge is 0.369 e. The van der Waals surface area contributed by atoms with Crippen LogP contribution in [0.25, 0.3) is 0 Å². The minimum Gasteiger partial charge on any atom is -0.369 e. The number of hydrogen-bond donors (Lipinski definition) is 1. The first kappa shape index (κ1) is 11.4. The van der Waals surface area contributed by atoms with Crippen LogP contribution in [0.5, 0.6) is 0 Å². The van der Waals surface area contributed by atoms with Gasteiger partial charge in [-0.05, 0) is 47.6 Å². The lowest BCUT2D eigenvalue weighted by atomic mass is 10.3. The molecule has 0 amide bonds. The molecule has 1 unspecified atom stereocenters. The van der Waals surface area contributed by atoms with Gasteiger partial charge in [-0.2, -0.15) is 0 Å². The molecule has 1 fully saturated rings. The first-order valence-corrected chi connectivity index (χ1v) is 6.66. The molecule has 1 heterocycles. The second-order valence-electron chi connectivity index (χ2n) is 3.82. The second kappa shape index (κ2) is 4.85. The fourth-order valence-electron chi connectivity index (χ4n) is 1.95. The van der Waals surface area contributed by atoms with E-state index in [0.29, 0.717) is 6.04 Å². The standard InChI is InChI=1S/C11H14Br2N2/c1-14-9-4-5-15(7-9)11-3-2-8(12)6-10(11)13/h2-3,6,9,14H,4-5,7H2,1H3. The lowest BCUT2D eigenvalue weighted by Crippen LogP contribution is -2.29. The summed E-state index contributed by atoms with van der Waals surface area (Å²) >= 11 is 7.08. The molecule has 0 radical (unpaired) electrons. The highest BCUT2D eigenvalue weighted by Gasteiger charge is 2.22. The number of benzene rings is 1. The van der Waals surface area contributed by atoms with Crippen molar-refractivity contribution < 1.29 is 0 Å². The maximum atomic E-state index is 3.61. The molecular formula is C11H14Br2N2. The van der Waals surface area contributed by atoms with Crippen molar-refractivity contribution in [2.24, 2.45) is 0 Å². The summed E-state index contributed by atoms with van der Waals surface area (Å²) in [6.07, 6.45) is 1.22. The van der Waals surface area contributed by atoms with E-state index in [1.807, 2.05) is 7.05 Å². The van der Waals surface area contributed by atoms with Crippen LogP contribution in [0.1, 0.15) is 6.42 Å². The lowest BCUT2D eigenvalue weighted by Gasteiger charge is -2.20. The third-order valence-electron chi connectivity index (χ3n) is 2.85. The van der Waals surface area contributed by atoms with Crippen molar-refractivity contribution >= 4 is 37.5 Å². The molecule has 0 bridgehead atoms. The smallest absolute Gasteiger partial charge is 0.0511 e. The van der Waals surface area contributed by atoms with Crippen LogP contribution in [0.3, 0.4) is 0 Å². The molecule has 15 heavy (non-hydrogen) atoms. The summed E-state index contributed by atoms with van der Waals surface area (Å²) in [5.41, 5.74) is 1.29. The van der Waals surface area contributed by atoms with Crippen LogP contribution in [-0.4, -0.2) is 26.2 Å². The van der Waals surface area contributed by atoms with Gasteiger partial charge in [0.25, 0.3) is 0 Å². The van der Waals surface area contributed by atoms with E-state index in [4.69, 9.17) is 0 Å². The van der Waals surface area contributed by atoms with E-state index in [1.165, 1.54) is 12.1 Å². The maximum Gasteiger partial charge on any atom is 0.0511 e. The van der Waals surface area contributed by atoms with Crippen LogP contribution in [0.2, 0.25) is 0 Å². The minimum absolute atomic E-state index is 0.626. The van der Waals surface area contributed by atoms with E-state index in [9.17, 15) is 0 Å². The van der Waals surface area contributed by atoms with E-state index in [1.54, 1.807) is 0 Å². The Morgan fingerprint density at radius 2 is 2.20 bits per heavy atom. The monoisotopic (exact) mass is 332 g/mol. The molecule has 2 rings (SSSR count). The lowest BCUT2D eigenvalue weighted by molar-refractivity contribution is 0.617. The minimum atomic E-state index is 0.626. The molecule has 0 saturated carbocycles. The molecule has 1 aromatic rings. The molecule has 2 nitrogen and oxygen atoms in total. The number of rotatable bonds is 2. The van der Waals surface area contributed by atoms with Crippen LogP contribution in [0, 0.1) is 0 Å². The van der Waals surface area contributed by atoms with Gasteiger partial charge in [0.05, 0.1) is 5.69 Å². The molecule has 1 aliphatic rings. The van der Waals surface area contributed by atoms with E-state index >= 15 is 0 Å². The van der Waals surface area contributed by atoms with Gasteiger partial charge in [0.15, 0.2) is 0 Å². The van der Waals surface area contributed by atoms with Crippen molar-refractivity contribution in [3.63, 3.8) is 0 Å². The summed E-state index contributed by atoms with van der Waals surface area (Å²) in [5, 5.41) is 3.33. The number of hydrogen-bond acceptors (Lipinski definition) is 2. The second-order valence-corrected chi connectivity index (χ2v) is 5.59. The van der Waals surface area contributed by atoms with Crippen LogP contribution in [0.4, 0.5) is 5.69 Å². The Balaban J connectivity index is 2.17. The first-order chi connectivity index (χ1) is 7.20. The third kappa shape index (κ3) is 2.55. The van der Waals surface area contributed by atoms with Crippen LogP contribution < -0.4 is 10.2 Å². The molecule has 1 atom stereocenters. The fraction of sp³-hybridized carbons (Fsp3) is 0.455. The van der Waals surface area contributed by atoms with Crippen molar-refractivity contribution in [1.82, 2.24) is 5.32 Å². The van der Waals surface area contributed by atoms with Gasteiger partial charge in [0, 0.05) is 28.1 Å². The molecule has 1 N–H and O–H groups in total. The van der Waals surface area contributed by atoms with Crippen molar-refractivity contribution in [1.29, 1.82) is 0 Å². The molecule has 82 valence electrons. The average Bonchev–Trinajstić information content (AvgIpc) is 2.66. The van der Waals surface area contributed by atoms with Crippen LogP contribution >= 0.6 is 31.9 Å². The normalized spacial score (nSPS) is 21.0. The summed E-state index contributed by atoms with van der Waals surface area (Å²) in [7, 11) is 2.03. The topological polar surface area (TPSA) is 15.3 Å². The highest BCUT2D eigenvalue weighted by atomic mass is 79.9. The highest BCUT2D eigenvalue weighted by molar-refractivity contribution is 9.11. The van der Waals surface area contributed by atoms with Crippen LogP contribution in [-0.2, 0) is 0 Å². The van der Waals surface area contributed by atoms with Crippen molar-refractivity contribution in [2.45, 2.75) is 12.5 Å². The zero-order valence-corrected chi connectivity index (χ0v) is 11.8. The molecule has 0 spiro atoms. The summed E-state index contributed by atoms with van der Waals surface area (Å²) in [4.78, 5) is 2.41. The predicted molar refractivity (Wildman–Crippen MR) is 71.5 cm³/mol. The number of anilines is 1. The number of nitrogens with zero attached hydrogens (tertiary/aromatic N) is 1. The fourth-order valence-corrected chi connectivity index (χ4v) is 3.25.